The Bertz CT molecular complexity index is 460. The van der Waals surface area contributed by atoms with E-state index in [2.05, 4.69) is 10.3 Å². The van der Waals surface area contributed by atoms with Crippen LogP contribution in [-0.2, 0) is 12.7 Å². The average molecular weight is 296 g/mol. The van der Waals surface area contributed by atoms with Gasteiger partial charge in [0.05, 0.1) is 17.4 Å². The minimum Gasteiger partial charge on any atom is -0.391 e. The molecule has 2 rings (SSSR count). The fourth-order valence-electron chi connectivity index (χ4n) is 2.13. The van der Waals surface area contributed by atoms with Gasteiger partial charge < -0.3 is 10.4 Å². The molecule has 1 heterocycles. The van der Waals surface area contributed by atoms with E-state index in [-0.39, 0.29) is 6.54 Å². The third-order valence-electron chi connectivity index (χ3n) is 3.19. The van der Waals surface area contributed by atoms with Crippen LogP contribution < -0.4 is 5.32 Å². The summed E-state index contributed by atoms with van der Waals surface area (Å²) in [5.74, 6) is -2.91. The van der Waals surface area contributed by atoms with Crippen molar-refractivity contribution in [2.75, 3.05) is 0 Å². The number of pyridine rings is 1. The van der Waals surface area contributed by atoms with Crippen LogP contribution in [0.1, 0.15) is 24.1 Å². The number of halogens is 5. The molecule has 20 heavy (non-hydrogen) atoms. The Balaban J connectivity index is 1.92. The van der Waals surface area contributed by atoms with E-state index in [1.807, 2.05) is 0 Å². The second-order valence-corrected chi connectivity index (χ2v) is 4.85. The largest absolute Gasteiger partial charge is 0.417 e. The number of aliphatic hydroxyl groups is 1. The molecule has 1 aliphatic rings. The van der Waals surface area contributed by atoms with Crippen LogP contribution in [0.5, 0.6) is 0 Å². The molecule has 112 valence electrons. The summed E-state index contributed by atoms with van der Waals surface area (Å²) in [6.45, 7) is 0.0238. The van der Waals surface area contributed by atoms with E-state index < -0.39 is 42.6 Å². The standard InChI is InChI=1S/C12H13F5N2O/c13-11(14)3-9(10(20)4-11)19-6-8-2-1-7(5-18-8)12(15,16)17/h1-2,5,9-10,19-20H,3-4,6H2/t9-,10-/m1/s1. The zero-order valence-corrected chi connectivity index (χ0v) is 10.3. The van der Waals surface area contributed by atoms with E-state index in [9.17, 15) is 27.1 Å². The number of alkyl halides is 5. The van der Waals surface area contributed by atoms with Gasteiger partial charge in [-0.2, -0.15) is 13.2 Å². The Morgan fingerprint density at radius 1 is 1.30 bits per heavy atom. The summed E-state index contributed by atoms with van der Waals surface area (Å²) in [4.78, 5) is 3.62. The number of nitrogens with one attached hydrogen (secondary N) is 1. The van der Waals surface area contributed by atoms with Crippen LogP contribution in [0, 0.1) is 0 Å². The highest BCUT2D eigenvalue weighted by Crippen LogP contribution is 2.35. The summed E-state index contributed by atoms with van der Waals surface area (Å²) in [5, 5.41) is 12.1. The first-order valence-electron chi connectivity index (χ1n) is 5.99. The SMILES string of the molecule is O[C@@H]1CC(F)(F)C[C@H]1NCc1ccc(C(F)(F)F)cn1. The van der Waals surface area contributed by atoms with Gasteiger partial charge in [-0.3, -0.25) is 4.98 Å². The van der Waals surface area contributed by atoms with E-state index in [0.29, 0.717) is 11.9 Å². The summed E-state index contributed by atoms with van der Waals surface area (Å²) < 4.78 is 63.0. The average Bonchev–Trinajstić information content (AvgIpc) is 2.59. The second-order valence-electron chi connectivity index (χ2n) is 4.85. The molecule has 1 aromatic rings. The van der Waals surface area contributed by atoms with Gasteiger partial charge in [-0.25, -0.2) is 8.78 Å². The van der Waals surface area contributed by atoms with Crippen LogP contribution in [-0.4, -0.2) is 28.2 Å². The van der Waals surface area contributed by atoms with E-state index in [0.717, 1.165) is 6.07 Å². The number of hydrogen-bond donors (Lipinski definition) is 2. The third-order valence-corrected chi connectivity index (χ3v) is 3.19. The fraction of sp³-hybridized carbons (Fsp3) is 0.583. The molecule has 8 heteroatoms. The van der Waals surface area contributed by atoms with E-state index in [4.69, 9.17) is 0 Å². The van der Waals surface area contributed by atoms with Gasteiger partial charge in [0, 0.05) is 31.6 Å². The second kappa shape index (κ2) is 5.25. The lowest BCUT2D eigenvalue weighted by atomic mass is 10.2. The van der Waals surface area contributed by atoms with Crippen LogP contribution in [0.4, 0.5) is 22.0 Å². The molecule has 0 bridgehead atoms. The minimum atomic E-state index is -4.46. The van der Waals surface area contributed by atoms with Crippen molar-refractivity contribution in [1.82, 2.24) is 10.3 Å². The van der Waals surface area contributed by atoms with Gasteiger partial charge in [-0.1, -0.05) is 0 Å². The highest BCUT2D eigenvalue weighted by Gasteiger charge is 2.45. The molecule has 2 N–H and O–H groups in total. The van der Waals surface area contributed by atoms with Crippen LogP contribution >= 0.6 is 0 Å². The molecule has 1 fully saturated rings. The van der Waals surface area contributed by atoms with Crippen molar-refractivity contribution < 1.29 is 27.1 Å². The van der Waals surface area contributed by atoms with Crippen molar-refractivity contribution in [3.05, 3.63) is 29.6 Å². The van der Waals surface area contributed by atoms with Gasteiger partial charge in [0.25, 0.3) is 5.92 Å². The lowest BCUT2D eigenvalue weighted by molar-refractivity contribution is -0.137. The Morgan fingerprint density at radius 2 is 2.00 bits per heavy atom. The molecule has 0 amide bonds. The first-order chi connectivity index (χ1) is 9.17. The van der Waals surface area contributed by atoms with Gasteiger partial charge >= 0.3 is 6.18 Å². The van der Waals surface area contributed by atoms with Gasteiger partial charge in [-0.05, 0) is 12.1 Å². The summed E-state index contributed by atoms with van der Waals surface area (Å²) in [7, 11) is 0. The molecule has 0 spiro atoms. The van der Waals surface area contributed by atoms with Crippen molar-refractivity contribution in [3.63, 3.8) is 0 Å². The smallest absolute Gasteiger partial charge is 0.391 e. The molecule has 1 aliphatic carbocycles. The Morgan fingerprint density at radius 3 is 2.45 bits per heavy atom. The molecule has 0 radical (unpaired) electrons. The van der Waals surface area contributed by atoms with Crippen LogP contribution in [0.25, 0.3) is 0 Å². The summed E-state index contributed by atoms with van der Waals surface area (Å²) in [5.41, 5.74) is -0.575. The van der Waals surface area contributed by atoms with Crippen molar-refractivity contribution in [2.24, 2.45) is 0 Å². The summed E-state index contributed by atoms with van der Waals surface area (Å²) in [6.07, 6.45) is -6.03. The zero-order valence-electron chi connectivity index (χ0n) is 10.3. The molecule has 0 aromatic carbocycles. The Hall–Kier alpha value is -1.28. The number of hydrogen-bond acceptors (Lipinski definition) is 3. The maximum Gasteiger partial charge on any atom is 0.417 e. The van der Waals surface area contributed by atoms with Crippen molar-refractivity contribution in [1.29, 1.82) is 0 Å². The number of aromatic nitrogens is 1. The minimum absolute atomic E-state index is 0.0238. The Kier molecular flexibility index (Phi) is 3.97. The van der Waals surface area contributed by atoms with E-state index in [1.165, 1.54) is 6.07 Å². The first kappa shape index (κ1) is 15.1. The first-order valence-corrected chi connectivity index (χ1v) is 5.99. The molecule has 2 atom stereocenters. The predicted octanol–water partition coefficient (Wildman–Crippen LogP) is 2.35. The molecule has 0 aliphatic heterocycles. The molecule has 0 saturated heterocycles. The van der Waals surface area contributed by atoms with E-state index in [1.54, 1.807) is 0 Å². The number of aliphatic hydroxyl groups excluding tert-OH is 1. The highest BCUT2D eigenvalue weighted by atomic mass is 19.4. The van der Waals surface area contributed by atoms with Crippen LogP contribution in [0.2, 0.25) is 0 Å². The van der Waals surface area contributed by atoms with Crippen molar-refractivity contribution >= 4 is 0 Å². The molecule has 1 aromatic heterocycles. The molecule has 0 unspecified atom stereocenters. The third kappa shape index (κ3) is 3.63. The zero-order chi connectivity index (χ0) is 15.0. The highest BCUT2D eigenvalue weighted by molar-refractivity contribution is 5.17. The summed E-state index contributed by atoms with van der Waals surface area (Å²) in [6, 6.07) is 1.27. The predicted molar refractivity (Wildman–Crippen MR) is 60.1 cm³/mol. The Labute approximate surface area is 111 Å². The van der Waals surface area contributed by atoms with Gasteiger partial charge in [-0.15, -0.1) is 0 Å². The van der Waals surface area contributed by atoms with Crippen molar-refractivity contribution in [3.8, 4) is 0 Å². The van der Waals surface area contributed by atoms with Gasteiger partial charge in [0.1, 0.15) is 0 Å². The summed E-state index contributed by atoms with van der Waals surface area (Å²) >= 11 is 0. The van der Waals surface area contributed by atoms with Crippen LogP contribution in [0.15, 0.2) is 18.3 Å². The van der Waals surface area contributed by atoms with E-state index >= 15 is 0 Å². The monoisotopic (exact) mass is 296 g/mol. The maximum absolute atomic E-state index is 13.0. The lowest BCUT2D eigenvalue weighted by Crippen LogP contribution is -2.35. The van der Waals surface area contributed by atoms with Gasteiger partial charge in [0.15, 0.2) is 0 Å². The topological polar surface area (TPSA) is 45.1 Å². The lowest BCUT2D eigenvalue weighted by Gasteiger charge is -2.15. The fourth-order valence-corrected chi connectivity index (χ4v) is 2.13. The normalized spacial score (nSPS) is 25.9. The number of rotatable bonds is 3. The quantitative estimate of drug-likeness (QED) is 0.842. The number of nitrogens with zero attached hydrogens (tertiary/aromatic N) is 1. The van der Waals surface area contributed by atoms with Gasteiger partial charge in [0.2, 0.25) is 0 Å². The maximum atomic E-state index is 13.0. The molecular formula is C12H13F5N2O. The molecular weight excluding hydrogens is 283 g/mol. The van der Waals surface area contributed by atoms with Crippen LogP contribution in [0.3, 0.4) is 0 Å². The molecule has 3 nitrogen and oxygen atoms in total. The molecule has 1 saturated carbocycles. The van der Waals surface area contributed by atoms with Crippen molar-refractivity contribution in [2.45, 2.75) is 43.6 Å².